The van der Waals surface area contributed by atoms with Crippen LogP contribution in [0.2, 0.25) is 0 Å². The smallest absolute Gasteiger partial charge is 0.133 e. The first-order valence-corrected chi connectivity index (χ1v) is 18.0. The van der Waals surface area contributed by atoms with Gasteiger partial charge < -0.3 is 25.5 Å². The molecule has 6 heteroatoms. The summed E-state index contributed by atoms with van der Waals surface area (Å²) in [7, 11) is 0. The van der Waals surface area contributed by atoms with Crippen LogP contribution in [0.25, 0.3) is 0 Å². The van der Waals surface area contributed by atoms with Crippen molar-refractivity contribution in [3.63, 3.8) is 0 Å². The molecule has 272 valence electrons. The highest BCUT2D eigenvalue weighted by Gasteiger charge is 2.31. The summed E-state index contributed by atoms with van der Waals surface area (Å²) in [6.07, 6.45) is 0.475. The van der Waals surface area contributed by atoms with Gasteiger partial charge in [0.05, 0.1) is 0 Å². The maximum Gasteiger partial charge on any atom is 0.133 e. The molecule has 0 aromatic heterocycles. The normalized spacial score (nSPS) is 11.1. The Morgan fingerprint density at radius 1 is 0.426 bits per heavy atom. The summed E-state index contributed by atoms with van der Waals surface area (Å²) in [5.74, 6) is -0.370. The molecule has 0 bridgehead atoms. The van der Waals surface area contributed by atoms with E-state index in [0.29, 0.717) is 22.3 Å². The third-order valence-electron chi connectivity index (χ3n) is 9.57. The van der Waals surface area contributed by atoms with Crippen molar-refractivity contribution in [2.75, 3.05) is 0 Å². The number of rotatable bonds is 11. The number of aryl methyl sites for hydroxylation is 1. The van der Waals surface area contributed by atoms with Gasteiger partial charge >= 0.3 is 0 Å². The molecule has 0 spiro atoms. The number of phenols is 4. The van der Waals surface area contributed by atoms with Crippen LogP contribution in [0.3, 0.4) is 0 Å². The molecule has 7 aromatic carbocycles. The number of phenolic OH excluding ortho intramolecular Hbond substituents is 4. The van der Waals surface area contributed by atoms with E-state index >= 15 is 0 Å². The van der Waals surface area contributed by atoms with Crippen molar-refractivity contribution in [3.8, 4) is 28.7 Å². The molecule has 7 aromatic rings. The number of quaternary nitrogens is 1. The molecule has 0 fully saturated rings. The van der Waals surface area contributed by atoms with E-state index in [0.717, 1.165) is 29.7 Å². The molecule has 0 radical (unpaired) electrons. The average Bonchev–Trinajstić information content (AvgIpc) is 3.17. The van der Waals surface area contributed by atoms with Gasteiger partial charge in [0.2, 0.25) is 0 Å². The Kier molecular flexibility index (Phi) is 12.0. The standard InChI is InChI=1S/C27H26N.C21H20O5/c1-5-13-24(14-6-1)21-28(27-19-11-4-12-20-27,22-25-15-7-2-8-16-25)23-26-17-9-3-10-18-26;1-12-6-15(8-13-2-4-17(22)10-19(13)24)21(26)16(7-12)9-14-3-5-18(23)11-20(14)25/h1-20H,21-23H2;2-7,10-11,22-26H,8-9H2,1H3/q+1;/p-1. The summed E-state index contributed by atoms with van der Waals surface area (Å²) in [4.78, 5) is 0. The highest BCUT2D eigenvalue weighted by atomic mass is 16.3. The third-order valence-corrected chi connectivity index (χ3v) is 9.57. The Balaban J connectivity index is 0.000000185. The quantitative estimate of drug-likeness (QED) is 0.0999. The van der Waals surface area contributed by atoms with Gasteiger partial charge in [0.1, 0.15) is 48.3 Å². The molecule has 0 amide bonds. The summed E-state index contributed by atoms with van der Waals surface area (Å²) < 4.78 is 0.860. The molecule has 6 nitrogen and oxygen atoms in total. The van der Waals surface area contributed by atoms with Gasteiger partial charge in [-0.2, -0.15) is 0 Å². The van der Waals surface area contributed by atoms with Gasteiger partial charge in [0.15, 0.2) is 0 Å². The lowest BCUT2D eigenvalue weighted by molar-refractivity contribution is -0.270. The molecular formula is C48H45NO5. The highest BCUT2D eigenvalue weighted by molar-refractivity contribution is 5.51. The monoisotopic (exact) mass is 715 g/mol. The van der Waals surface area contributed by atoms with Crippen molar-refractivity contribution in [1.29, 1.82) is 0 Å². The molecule has 0 heterocycles. The highest BCUT2D eigenvalue weighted by Crippen LogP contribution is 2.34. The second kappa shape index (κ2) is 17.3. The molecule has 0 saturated carbocycles. The van der Waals surface area contributed by atoms with E-state index in [-0.39, 0.29) is 41.6 Å². The van der Waals surface area contributed by atoms with E-state index in [1.807, 2.05) is 6.92 Å². The lowest BCUT2D eigenvalue weighted by Gasteiger charge is -2.39. The molecule has 0 atom stereocenters. The Morgan fingerprint density at radius 2 is 0.778 bits per heavy atom. The van der Waals surface area contributed by atoms with Crippen LogP contribution in [0.5, 0.6) is 28.7 Å². The maximum atomic E-state index is 12.8. The van der Waals surface area contributed by atoms with Gasteiger partial charge in [-0.05, 0) is 42.3 Å². The topological polar surface area (TPSA) is 104 Å². The van der Waals surface area contributed by atoms with Gasteiger partial charge in [0.25, 0.3) is 0 Å². The predicted octanol–water partition coefficient (Wildman–Crippen LogP) is 9.67. The SMILES string of the molecule is Cc1cc(Cc2ccc(O)cc2O)c([O-])c(Cc2ccc(O)cc2O)c1.c1ccc(C[N+](Cc2ccccc2)(Cc2ccccc2)c2ccccc2)cc1. The molecule has 0 aliphatic carbocycles. The summed E-state index contributed by atoms with van der Waals surface area (Å²) in [6, 6.07) is 55.6. The Morgan fingerprint density at radius 3 is 1.13 bits per heavy atom. The Bertz CT molecular complexity index is 2080. The first kappa shape index (κ1) is 37.3. The van der Waals surface area contributed by atoms with E-state index in [4.69, 9.17) is 0 Å². The van der Waals surface area contributed by atoms with Crippen LogP contribution >= 0.6 is 0 Å². The van der Waals surface area contributed by atoms with Crippen molar-refractivity contribution >= 4 is 5.69 Å². The Labute approximate surface area is 317 Å². The average molecular weight is 716 g/mol. The van der Waals surface area contributed by atoms with Crippen molar-refractivity contribution in [2.24, 2.45) is 0 Å². The lowest BCUT2D eigenvalue weighted by atomic mass is 9.95. The van der Waals surface area contributed by atoms with Crippen LogP contribution in [0, 0.1) is 6.92 Å². The van der Waals surface area contributed by atoms with E-state index in [2.05, 4.69) is 121 Å². The minimum Gasteiger partial charge on any atom is -0.872 e. The van der Waals surface area contributed by atoms with Crippen LogP contribution in [0.15, 0.2) is 170 Å². The molecule has 0 unspecified atom stereocenters. The Hall–Kier alpha value is -6.50. The molecule has 4 N–H and O–H groups in total. The van der Waals surface area contributed by atoms with E-state index in [1.54, 1.807) is 24.3 Å². The number of nitrogens with zero attached hydrogens (tertiary/aromatic N) is 1. The fourth-order valence-corrected chi connectivity index (χ4v) is 6.99. The molecule has 54 heavy (non-hydrogen) atoms. The first-order chi connectivity index (χ1) is 26.2. The minimum atomic E-state index is -0.157. The van der Waals surface area contributed by atoms with Gasteiger partial charge in [0, 0.05) is 41.7 Å². The number of hydrogen-bond acceptors (Lipinski definition) is 5. The third kappa shape index (κ3) is 9.68. The first-order valence-electron chi connectivity index (χ1n) is 18.0. The van der Waals surface area contributed by atoms with Crippen LogP contribution < -0.4 is 9.59 Å². The zero-order valence-corrected chi connectivity index (χ0v) is 30.3. The van der Waals surface area contributed by atoms with Gasteiger partial charge in [-0.3, -0.25) is 4.48 Å². The fourth-order valence-electron chi connectivity index (χ4n) is 6.99. The van der Waals surface area contributed by atoms with E-state index < -0.39 is 0 Å². The van der Waals surface area contributed by atoms with Crippen molar-refractivity contribution < 1.29 is 25.5 Å². The summed E-state index contributed by atoms with van der Waals surface area (Å²) in [5.41, 5.74) is 8.46. The number of aromatic hydroxyl groups is 4. The predicted molar refractivity (Wildman–Crippen MR) is 214 cm³/mol. The van der Waals surface area contributed by atoms with Crippen molar-refractivity contribution in [3.05, 3.63) is 214 Å². The summed E-state index contributed by atoms with van der Waals surface area (Å²) in [5, 5.41) is 51.5. The van der Waals surface area contributed by atoms with Crippen LogP contribution in [-0.2, 0) is 32.5 Å². The summed E-state index contributed by atoms with van der Waals surface area (Å²) >= 11 is 0. The second-order valence-corrected chi connectivity index (χ2v) is 13.8. The molecule has 7 rings (SSSR count). The van der Waals surface area contributed by atoms with Crippen LogP contribution in [0.1, 0.15) is 44.5 Å². The molecular weight excluding hydrogens is 671 g/mol. The maximum absolute atomic E-state index is 12.8. The second-order valence-electron chi connectivity index (χ2n) is 13.8. The molecule has 0 aliphatic rings. The minimum absolute atomic E-state index is 0.0404. The zero-order chi connectivity index (χ0) is 37.9. The lowest BCUT2D eigenvalue weighted by Crippen LogP contribution is -2.47. The number of para-hydroxylation sites is 1. The van der Waals surface area contributed by atoms with Crippen LogP contribution in [-0.4, -0.2) is 20.4 Å². The van der Waals surface area contributed by atoms with E-state index in [9.17, 15) is 25.5 Å². The van der Waals surface area contributed by atoms with Gasteiger partial charge in [-0.1, -0.05) is 150 Å². The van der Waals surface area contributed by atoms with E-state index in [1.165, 1.54) is 46.6 Å². The van der Waals surface area contributed by atoms with Crippen molar-refractivity contribution in [1.82, 2.24) is 4.48 Å². The van der Waals surface area contributed by atoms with Gasteiger partial charge in [-0.15, -0.1) is 5.75 Å². The molecule has 0 aliphatic heterocycles. The van der Waals surface area contributed by atoms with Crippen LogP contribution in [0.4, 0.5) is 5.69 Å². The van der Waals surface area contributed by atoms with Gasteiger partial charge in [-0.25, -0.2) is 0 Å². The molecule has 0 saturated heterocycles. The summed E-state index contributed by atoms with van der Waals surface area (Å²) in [6.45, 7) is 4.73. The number of hydrogen-bond donors (Lipinski definition) is 4. The fraction of sp³-hybridized carbons (Fsp3) is 0.125. The largest absolute Gasteiger partial charge is 0.872 e. The number of benzene rings is 7. The van der Waals surface area contributed by atoms with Crippen molar-refractivity contribution in [2.45, 2.75) is 39.4 Å². The zero-order valence-electron chi connectivity index (χ0n) is 30.3.